The van der Waals surface area contributed by atoms with E-state index in [0.717, 1.165) is 25.1 Å². The molecule has 0 radical (unpaired) electrons. The number of ether oxygens (including phenoxy) is 1. The average molecular weight is 244 g/mol. The zero-order valence-electron chi connectivity index (χ0n) is 9.29. The molecular formula is C12H18ClNO2. The molecule has 0 aromatic heterocycles. The molecule has 0 aliphatic heterocycles. The summed E-state index contributed by atoms with van der Waals surface area (Å²) in [5, 5.41) is 12.4. The number of hydrogen-bond acceptors (Lipinski definition) is 3. The van der Waals surface area contributed by atoms with Crippen LogP contribution in [0.5, 0.6) is 5.75 Å². The van der Waals surface area contributed by atoms with Gasteiger partial charge in [-0.3, -0.25) is 0 Å². The number of unbranched alkanes of at least 4 members (excludes halogenated alkanes) is 1. The molecule has 16 heavy (non-hydrogen) atoms. The molecule has 0 amide bonds. The van der Waals surface area contributed by atoms with Gasteiger partial charge in [-0.1, -0.05) is 17.7 Å². The summed E-state index contributed by atoms with van der Waals surface area (Å²) in [5.41, 5.74) is 0. The summed E-state index contributed by atoms with van der Waals surface area (Å²) >= 11 is 5.83. The smallest absolute Gasteiger partial charge is 0.120 e. The molecule has 1 aromatic rings. The molecule has 0 unspecified atom stereocenters. The van der Waals surface area contributed by atoms with Crippen LogP contribution in [-0.2, 0) is 0 Å². The maximum Gasteiger partial charge on any atom is 0.120 e. The van der Waals surface area contributed by atoms with E-state index in [1.54, 1.807) is 0 Å². The summed E-state index contributed by atoms with van der Waals surface area (Å²) in [7, 11) is 0. The van der Waals surface area contributed by atoms with Crippen LogP contribution in [0.1, 0.15) is 12.8 Å². The van der Waals surface area contributed by atoms with E-state index >= 15 is 0 Å². The quantitative estimate of drug-likeness (QED) is 0.687. The van der Waals surface area contributed by atoms with E-state index in [9.17, 15) is 0 Å². The molecule has 0 bridgehead atoms. The van der Waals surface area contributed by atoms with Crippen LogP contribution in [0.3, 0.4) is 0 Å². The number of aliphatic hydroxyl groups is 1. The van der Waals surface area contributed by atoms with E-state index in [2.05, 4.69) is 5.32 Å². The summed E-state index contributed by atoms with van der Waals surface area (Å²) in [5.74, 6) is 0.816. The van der Waals surface area contributed by atoms with Gasteiger partial charge in [-0.25, -0.2) is 0 Å². The van der Waals surface area contributed by atoms with Gasteiger partial charge in [-0.05, 0) is 37.6 Å². The fraction of sp³-hybridized carbons (Fsp3) is 0.500. The topological polar surface area (TPSA) is 41.5 Å². The third-order valence-corrected chi connectivity index (χ3v) is 2.34. The molecule has 0 spiro atoms. The van der Waals surface area contributed by atoms with E-state index in [1.807, 2.05) is 24.3 Å². The van der Waals surface area contributed by atoms with E-state index < -0.39 is 0 Å². The van der Waals surface area contributed by atoms with Crippen LogP contribution in [0.15, 0.2) is 24.3 Å². The Morgan fingerprint density at radius 1 is 1.25 bits per heavy atom. The summed E-state index contributed by atoms with van der Waals surface area (Å²) in [4.78, 5) is 0. The second-order valence-electron chi connectivity index (χ2n) is 3.49. The largest absolute Gasteiger partial charge is 0.494 e. The first-order valence-corrected chi connectivity index (χ1v) is 5.90. The minimum Gasteiger partial charge on any atom is -0.494 e. The Balaban J connectivity index is 2.03. The van der Waals surface area contributed by atoms with Crippen molar-refractivity contribution in [3.8, 4) is 5.75 Å². The van der Waals surface area contributed by atoms with Gasteiger partial charge >= 0.3 is 0 Å². The van der Waals surface area contributed by atoms with Crippen molar-refractivity contribution in [3.05, 3.63) is 29.3 Å². The van der Waals surface area contributed by atoms with E-state index in [4.69, 9.17) is 21.4 Å². The Bertz CT molecular complexity index is 294. The molecule has 90 valence electrons. The molecule has 1 aromatic carbocycles. The van der Waals surface area contributed by atoms with Crippen molar-refractivity contribution in [3.63, 3.8) is 0 Å². The van der Waals surface area contributed by atoms with Gasteiger partial charge < -0.3 is 15.2 Å². The van der Waals surface area contributed by atoms with Crippen LogP contribution in [0, 0.1) is 0 Å². The monoisotopic (exact) mass is 243 g/mol. The van der Waals surface area contributed by atoms with E-state index in [-0.39, 0.29) is 6.61 Å². The molecule has 0 fully saturated rings. The maximum absolute atomic E-state index is 8.54. The number of nitrogens with one attached hydrogen (secondary N) is 1. The van der Waals surface area contributed by atoms with Crippen LogP contribution >= 0.6 is 11.6 Å². The molecule has 0 heterocycles. The lowest BCUT2D eigenvalue weighted by Gasteiger charge is -2.06. The first-order valence-electron chi connectivity index (χ1n) is 5.53. The van der Waals surface area contributed by atoms with Crippen molar-refractivity contribution in [2.45, 2.75) is 12.8 Å². The predicted molar refractivity (Wildman–Crippen MR) is 66.1 cm³/mol. The summed E-state index contributed by atoms with van der Waals surface area (Å²) in [6.07, 6.45) is 2.03. The summed E-state index contributed by atoms with van der Waals surface area (Å²) in [6, 6.07) is 7.41. The second kappa shape index (κ2) is 8.39. The SMILES string of the molecule is OCCNCCCCOc1cccc(Cl)c1. The zero-order chi connectivity index (χ0) is 11.6. The van der Waals surface area contributed by atoms with Gasteiger partial charge in [0.25, 0.3) is 0 Å². The highest BCUT2D eigenvalue weighted by atomic mass is 35.5. The average Bonchev–Trinajstić information content (AvgIpc) is 2.28. The zero-order valence-corrected chi connectivity index (χ0v) is 10.0. The molecular weight excluding hydrogens is 226 g/mol. The molecule has 4 heteroatoms. The fourth-order valence-corrected chi connectivity index (χ4v) is 1.48. The molecule has 0 aliphatic rings. The van der Waals surface area contributed by atoms with Crippen LogP contribution in [0.2, 0.25) is 5.02 Å². The lowest BCUT2D eigenvalue weighted by atomic mass is 10.3. The fourth-order valence-electron chi connectivity index (χ4n) is 1.30. The minimum atomic E-state index is 0.193. The number of rotatable bonds is 8. The molecule has 3 nitrogen and oxygen atoms in total. The van der Waals surface area contributed by atoms with E-state index in [1.165, 1.54) is 0 Å². The van der Waals surface area contributed by atoms with Crippen molar-refractivity contribution in [2.24, 2.45) is 0 Å². The van der Waals surface area contributed by atoms with Crippen molar-refractivity contribution < 1.29 is 9.84 Å². The van der Waals surface area contributed by atoms with Crippen molar-refractivity contribution in [1.29, 1.82) is 0 Å². The number of benzene rings is 1. The standard InChI is InChI=1S/C12H18ClNO2/c13-11-4-3-5-12(10-11)16-9-2-1-6-14-7-8-15/h3-5,10,14-15H,1-2,6-9H2. The number of aliphatic hydroxyl groups excluding tert-OH is 1. The van der Waals surface area contributed by atoms with Crippen LogP contribution < -0.4 is 10.1 Å². The molecule has 1 rings (SSSR count). The Morgan fingerprint density at radius 2 is 2.12 bits per heavy atom. The molecule has 0 atom stereocenters. The second-order valence-corrected chi connectivity index (χ2v) is 3.92. The predicted octanol–water partition coefficient (Wildman–Crippen LogP) is 2.08. The van der Waals surface area contributed by atoms with Crippen molar-refractivity contribution >= 4 is 11.6 Å². The first kappa shape index (κ1) is 13.3. The number of hydrogen-bond donors (Lipinski definition) is 2. The summed E-state index contributed by atoms with van der Waals surface area (Å²) < 4.78 is 5.53. The Labute approximate surface area is 101 Å². The van der Waals surface area contributed by atoms with Crippen LogP contribution in [0.4, 0.5) is 0 Å². The number of halogens is 1. The lowest BCUT2D eigenvalue weighted by molar-refractivity contribution is 0.286. The molecule has 0 saturated carbocycles. The highest BCUT2D eigenvalue weighted by molar-refractivity contribution is 6.30. The van der Waals surface area contributed by atoms with Gasteiger partial charge in [-0.15, -0.1) is 0 Å². The Kier molecular flexibility index (Phi) is 6.97. The van der Waals surface area contributed by atoms with Crippen molar-refractivity contribution in [1.82, 2.24) is 5.32 Å². The maximum atomic E-state index is 8.54. The Hall–Kier alpha value is -0.770. The van der Waals surface area contributed by atoms with Crippen LogP contribution in [-0.4, -0.2) is 31.4 Å². The van der Waals surface area contributed by atoms with Gasteiger partial charge in [0.15, 0.2) is 0 Å². The van der Waals surface area contributed by atoms with Gasteiger partial charge in [0.2, 0.25) is 0 Å². The summed E-state index contributed by atoms with van der Waals surface area (Å²) in [6.45, 7) is 2.47. The minimum absolute atomic E-state index is 0.193. The Morgan fingerprint density at radius 3 is 2.88 bits per heavy atom. The highest BCUT2D eigenvalue weighted by Crippen LogP contribution is 2.17. The normalized spacial score (nSPS) is 10.4. The van der Waals surface area contributed by atoms with Gasteiger partial charge in [0.1, 0.15) is 5.75 Å². The van der Waals surface area contributed by atoms with Gasteiger partial charge in [0.05, 0.1) is 13.2 Å². The first-order chi connectivity index (χ1) is 7.83. The molecule has 0 saturated heterocycles. The highest BCUT2D eigenvalue weighted by Gasteiger charge is 1.94. The lowest BCUT2D eigenvalue weighted by Crippen LogP contribution is -2.19. The molecule has 0 aliphatic carbocycles. The molecule has 2 N–H and O–H groups in total. The van der Waals surface area contributed by atoms with E-state index in [0.29, 0.717) is 18.2 Å². The van der Waals surface area contributed by atoms with Gasteiger partial charge in [-0.2, -0.15) is 0 Å². The van der Waals surface area contributed by atoms with Gasteiger partial charge in [0, 0.05) is 11.6 Å². The van der Waals surface area contributed by atoms with Crippen LogP contribution in [0.25, 0.3) is 0 Å². The van der Waals surface area contributed by atoms with Crippen molar-refractivity contribution in [2.75, 3.05) is 26.3 Å². The third kappa shape index (κ3) is 5.95. The third-order valence-electron chi connectivity index (χ3n) is 2.10.